The quantitative estimate of drug-likeness (QED) is 0.681. The summed E-state index contributed by atoms with van der Waals surface area (Å²) in [6.45, 7) is 0.542. The van der Waals surface area contributed by atoms with Gasteiger partial charge in [0.25, 0.3) is 0 Å². The van der Waals surface area contributed by atoms with E-state index in [1.54, 1.807) is 0 Å². The predicted molar refractivity (Wildman–Crippen MR) is 88.8 cm³/mol. The molecule has 24 heavy (non-hydrogen) atoms. The van der Waals surface area contributed by atoms with Crippen molar-refractivity contribution in [1.29, 1.82) is 0 Å². The van der Waals surface area contributed by atoms with Gasteiger partial charge in [-0.15, -0.1) is 11.3 Å². The third kappa shape index (κ3) is 6.00. The highest BCUT2D eigenvalue weighted by Gasteiger charge is 2.20. The molecule has 1 heterocycles. The van der Waals surface area contributed by atoms with E-state index in [-0.39, 0.29) is 37.1 Å². The second-order valence-electron chi connectivity index (χ2n) is 5.17. The number of hydrogen-bond donors (Lipinski definition) is 2. The van der Waals surface area contributed by atoms with Gasteiger partial charge in [0, 0.05) is 17.2 Å². The molecule has 0 aliphatic rings. The number of nitrogens with one attached hydrogen (secondary N) is 1. The van der Waals surface area contributed by atoms with Crippen molar-refractivity contribution in [3.05, 3.63) is 52.5 Å². The summed E-state index contributed by atoms with van der Waals surface area (Å²) in [5, 5.41) is 13.5. The molecule has 128 valence electrons. The van der Waals surface area contributed by atoms with Crippen LogP contribution in [0.15, 0.2) is 41.8 Å². The number of aliphatic carboxylic acids is 1. The van der Waals surface area contributed by atoms with Gasteiger partial charge in [-0.25, -0.2) is 4.39 Å². The molecule has 0 aliphatic carbocycles. The largest absolute Gasteiger partial charge is 0.492 e. The Kier molecular flexibility index (Phi) is 6.74. The molecule has 0 saturated heterocycles. The number of hydrogen-bond acceptors (Lipinski definition) is 4. The summed E-state index contributed by atoms with van der Waals surface area (Å²) in [4.78, 5) is 23.8. The van der Waals surface area contributed by atoms with E-state index >= 15 is 0 Å². The third-order valence-corrected chi connectivity index (χ3v) is 4.34. The van der Waals surface area contributed by atoms with E-state index < -0.39 is 5.97 Å². The van der Waals surface area contributed by atoms with Crippen LogP contribution in [0.5, 0.6) is 5.75 Å². The molecule has 1 amide bonds. The Morgan fingerprint density at radius 3 is 2.58 bits per heavy atom. The van der Waals surface area contributed by atoms with Crippen LogP contribution in [0.2, 0.25) is 0 Å². The topological polar surface area (TPSA) is 75.6 Å². The van der Waals surface area contributed by atoms with Crippen molar-refractivity contribution in [2.24, 2.45) is 0 Å². The fraction of sp³-hybridized carbons (Fsp3) is 0.294. The Morgan fingerprint density at radius 1 is 1.21 bits per heavy atom. The van der Waals surface area contributed by atoms with Crippen LogP contribution < -0.4 is 10.1 Å². The Labute approximate surface area is 143 Å². The van der Waals surface area contributed by atoms with Gasteiger partial charge in [0.1, 0.15) is 18.2 Å². The maximum atomic E-state index is 12.8. The lowest BCUT2D eigenvalue weighted by Gasteiger charge is -2.13. The van der Waals surface area contributed by atoms with E-state index in [1.807, 2.05) is 17.5 Å². The number of carbonyl (C=O) groups excluding carboxylic acids is 1. The highest BCUT2D eigenvalue weighted by atomic mass is 32.1. The lowest BCUT2D eigenvalue weighted by molar-refractivity contribution is -0.137. The first kappa shape index (κ1) is 17.9. The van der Waals surface area contributed by atoms with Gasteiger partial charge in [-0.05, 0) is 35.7 Å². The van der Waals surface area contributed by atoms with Gasteiger partial charge in [0.05, 0.1) is 13.0 Å². The molecule has 0 aliphatic heterocycles. The number of ether oxygens (including phenoxy) is 1. The molecule has 1 aromatic carbocycles. The van der Waals surface area contributed by atoms with Crippen molar-refractivity contribution in [1.82, 2.24) is 5.32 Å². The van der Waals surface area contributed by atoms with Crippen LogP contribution in [0.3, 0.4) is 0 Å². The molecule has 0 spiro atoms. The normalized spacial score (nSPS) is 11.7. The number of amides is 1. The van der Waals surface area contributed by atoms with E-state index in [1.165, 1.54) is 35.6 Å². The first-order valence-electron chi connectivity index (χ1n) is 7.45. The van der Waals surface area contributed by atoms with Gasteiger partial charge in [-0.3, -0.25) is 9.59 Å². The fourth-order valence-corrected chi connectivity index (χ4v) is 3.02. The molecule has 2 aromatic rings. The molecule has 0 radical (unpaired) electrons. The zero-order valence-electron chi connectivity index (χ0n) is 12.9. The average Bonchev–Trinajstić information content (AvgIpc) is 3.06. The molecule has 7 heteroatoms. The lowest BCUT2D eigenvalue weighted by Crippen LogP contribution is -2.29. The van der Waals surface area contributed by atoms with Crippen LogP contribution in [0, 0.1) is 5.82 Å². The number of benzene rings is 1. The number of thiophene rings is 1. The minimum absolute atomic E-state index is 0.0833. The molecule has 1 atom stereocenters. The molecule has 1 aromatic heterocycles. The van der Waals surface area contributed by atoms with E-state index in [0.29, 0.717) is 12.3 Å². The highest BCUT2D eigenvalue weighted by molar-refractivity contribution is 7.10. The Balaban J connectivity index is 1.74. The van der Waals surface area contributed by atoms with Gasteiger partial charge >= 0.3 is 5.97 Å². The molecule has 1 unspecified atom stereocenters. The maximum Gasteiger partial charge on any atom is 0.304 e. The van der Waals surface area contributed by atoms with Crippen molar-refractivity contribution in [2.75, 3.05) is 13.2 Å². The second kappa shape index (κ2) is 9.02. The van der Waals surface area contributed by atoms with Crippen LogP contribution in [0.4, 0.5) is 4.39 Å². The number of carbonyl (C=O) groups is 2. The molecule has 0 fully saturated rings. The predicted octanol–water partition coefficient (Wildman–Crippen LogP) is 3.03. The maximum absolute atomic E-state index is 12.8. The van der Waals surface area contributed by atoms with Gasteiger partial charge in [-0.1, -0.05) is 6.07 Å². The summed E-state index contributed by atoms with van der Waals surface area (Å²) in [6.07, 6.45) is 0.0311. The highest BCUT2D eigenvalue weighted by Crippen LogP contribution is 2.27. The summed E-state index contributed by atoms with van der Waals surface area (Å²) < 4.78 is 18.1. The molecular weight excluding hydrogens is 333 g/mol. The standard InChI is InChI=1S/C17H18FNO4S/c18-13-3-5-14(6-4-13)23-8-7-19-16(20)10-12(11-17(21)22)15-2-1-9-24-15/h1-6,9,12H,7-8,10-11H2,(H,19,20)(H,21,22). The van der Waals surface area contributed by atoms with Gasteiger partial charge < -0.3 is 15.2 Å². The Hall–Kier alpha value is -2.41. The number of carboxylic acid groups (broad SMARTS) is 1. The fourth-order valence-electron chi connectivity index (χ4n) is 2.19. The summed E-state index contributed by atoms with van der Waals surface area (Å²) >= 11 is 1.44. The smallest absolute Gasteiger partial charge is 0.304 e. The van der Waals surface area contributed by atoms with Crippen LogP contribution in [0.25, 0.3) is 0 Å². The third-order valence-electron chi connectivity index (χ3n) is 3.30. The van der Waals surface area contributed by atoms with Crippen molar-refractivity contribution < 1.29 is 23.8 Å². The van der Waals surface area contributed by atoms with E-state index in [2.05, 4.69) is 5.32 Å². The monoisotopic (exact) mass is 351 g/mol. The minimum atomic E-state index is -0.930. The molecule has 2 N–H and O–H groups in total. The van der Waals surface area contributed by atoms with Crippen molar-refractivity contribution >= 4 is 23.2 Å². The SMILES string of the molecule is O=C(O)CC(CC(=O)NCCOc1ccc(F)cc1)c1cccs1. The summed E-state index contributed by atoms with van der Waals surface area (Å²) in [5.41, 5.74) is 0. The van der Waals surface area contributed by atoms with E-state index in [0.717, 1.165) is 4.88 Å². The van der Waals surface area contributed by atoms with Gasteiger partial charge in [-0.2, -0.15) is 0 Å². The number of rotatable bonds is 9. The van der Waals surface area contributed by atoms with Crippen molar-refractivity contribution in [3.8, 4) is 5.75 Å². The molecule has 2 rings (SSSR count). The van der Waals surface area contributed by atoms with Crippen molar-refractivity contribution in [3.63, 3.8) is 0 Å². The van der Waals surface area contributed by atoms with Gasteiger partial charge in [0.15, 0.2) is 0 Å². The number of halogens is 1. The molecular formula is C17H18FNO4S. The molecule has 0 bridgehead atoms. The van der Waals surface area contributed by atoms with Crippen LogP contribution in [0.1, 0.15) is 23.6 Å². The van der Waals surface area contributed by atoms with Gasteiger partial charge in [0.2, 0.25) is 5.91 Å². The van der Waals surface area contributed by atoms with Crippen molar-refractivity contribution in [2.45, 2.75) is 18.8 Å². The second-order valence-corrected chi connectivity index (χ2v) is 6.15. The summed E-state index contributed by atoms with van der Waals surface area (Å²) in [5.74, 6) is -1.31. The first-order valence-corrected chi connectivity index (χ1v) is 8.33. The van der Waals surface area contributed by atoms with Crippen LogP contribution >= 0.6 is 11.3 Å². The van der Waals surface area contributed by atoms with Crippen LogP contribution in [-0.2, 0) is 9.59 Å². The summed E-state index contributed by atoms with van der Waals surface area (Å²) in [6, 6.07) is 9.29. The Bertz CT molecular complexity index is 658. The minimum Gasteiger partial charge on any atom is -0.492 e. The first-order chi connectivity index (χ1) is 11.5. The molecule has 5 nitrogen and oxygen atoms in total. The van der Waals surface area contributed by atoms with E-state index in [9.17, 15) is 14.0 Å². The van der Waals surface area contributed by atoms with Crippen LogP contribution in [-0.4, -0.2) is 30.1 Å². The zero-order chi connectivity index (χ0) is 17.4. The Morgan fingerprint density at radius 2 is 1.96 bits per heavy atom. The number of carboxylic acids is 1. The molecule has 0 saturated carbocycles. The summed E-state index contributed by atoms with van der Waals surface area (Å²) in [7, 11) is 0. The van der Waals surface area contributed by atoms with E-state index in [4.69, 9.17) is 9.84 Å². The average molecular weight is 351 g/mol. The lowest BCUT2D eigenvalue weighted by atomic mass is 9.99. The zero-order valence-corrected chi connectivity index (χ0v) is 13.7.